The van der Waals surface area contributed by atoms with Crippen LogP contribution < -0.4 is 5.32 Å². The van der Waals surface area contributed by atoms with Crippen molar-refractivity contribution in [2.75, 3.05) is 5.32 Å². The van der Waals surface area contributed by atoms with E-state index in [1.54, 1.807) is 0 Å². The van der Waals surface area contributed by atoms with E-state index in [0.717, 1.165) is 27.7 Å². The Hall–Kier alpha value is -3.41. The third-order valence-corrected chi connectivity index (χ3v) is 4.40. The number of aromatic nitrogens is 3. The summed E-state index contributed by atoms with van der Waals surface area (Å²) in [5, 5.41) is 12.1. The maximum absolute atomic E-state index is 12.5. The second kappa shape index (κ2) is 7.07. The van der Waals surface area contributed by atoms with Gasteiger partial charge in [-0.05, 0) is 30.7 Å². The molecule has 1 amide bonds. The number of carbonyl (C=O) groups is 1. The molecule has 2 heterocycles. The van der Waals surface area contributed by atoms with E-state index < -0.39 is 0 Å². The van der Waals surface area contributed by atoms with Gasteiger partial charge >= 0.3 is 0 Å². The minimum Gasteiger partial charge on any atom is -0.421 e. The lowest BCUT2D eigenvalue weighted by atomic mass is 10.2. The normalized spacial score (nSPS) is 11.0. The Labute approximate surface area is 156 Å². The molecule has 4 aromatic rings. The second-order valence-corrected chi connectivity index (χ2v) is 6.46. The number of para-hydroxylation sites is 1. The highest BCUT2D eigenvalue weighted by atomic mass is 16.4. The summed E-state index contributed by atoms with van der Waals surface area (Å²) >= 11 is 0. The third-order valence-electron chi connectivity index (χ3n) is 4.40. The summed E-state index contributed by atoms with van der Waals surface area (Å²) in [4.78, 5) is 12.5. The van der Waals surface area contributed by atoms with Crippen molar-refractivity contribution in [2.45, 2.75) is 26.8 Å². The van der Waals surface area contributed by atoms with E-state index in [9.17, 15) is 4.79 Å². The summed E-state index contributed by atoms with van der Waals surface area (Å²) in [7, 11) is 0. The number of nitrogens with one attached hydrogen (secondary N) is 1. The number of anilines is 1. The molecule has 0 radical (unpaired) electrons. The first-order valence-corrected chi connectivity index (χ1v) is 8.91. The zero-order valence-corrected chi connectivity index (χ0v) is 15.3. The first-order valence-electron chi connectivity index (χ1n) is 8.91. The van der Waals surface area contributed by atoms with Gasteiger partial charge in [-0.3, -0.25) is 4.79 Å². The van der Waals surface area contributed by atoms with Crippen LogP contribution in [0.15, 0.2) is 59.1 Å². The van der Waals surface area contributed by atoms with Crippen molar-refractivity contribution >= 4 is 22.5 Å². The van der Waals surface area contributed by atoms with Crippen LogP contribution in [0.4, 0.5) is 5.69 Å². The molecule has 4 rings (SSSR count). The SMILES string of the molecule is CCc1nnc(-c2cn(CC(=O)Nc3cccc(C)c3)c3ccccc23)o1. The van der Waals surface area contributed by atoms with Gasteiger partial charge < -0.3 is 14.3 Å². The summed E-state index contributed by atoms with van der Waals surface area (Å²) in [6, 6.07) is 15.6. The molecule has 0 spiro atoms. The first-order chi connectivity index (χ1) is 13.1. The molecule has 0 saturated heterocycles. The molecular formula is C21H20N4O2. The molecule has 2 aromatic carbocycles. The van der Waals surface area contributed by atoms with Gasteiger partial charge in [0.2, 0.25) is 17.7 Å². The quantitative estimate of drug-likeness (QED) is 0.579. The first kappa shape index (κ1) is 17.0. The lowest BCUT2D eigenvalue weighted by Gasteiger charge is -2.08. The minimum atomic E-state index is -0.0901. The van der Waals surface area contributed by atoms with Crippen molar-refractivity contribution in [1.82, 2.24) is 14.8 Å². The Morgan fingerprint density at radius 1 is 1.15 bits per heavy atom. The van der Waals surface area contributed by atoms with E-state index in [-0.39, 0.29) is 12.5 Å². The lowest BCUT2D eigenvalue weighted by Crippen LogP contribution is -2.18. The average Bonchev–Trinajstić information content (AvgIpc) is 3.27. The van der Waals surface area contributed by atoms with Crippen molar-refractivity contribution in [3.8, 4) is 11.5 Å². The van der Waals surface area contributed by atoms with Gasteiger partial charge in [0.15, 0.2) is 0 Å². The Morgan fingerprint density at radius 3 is 2.78 bits per heavy atom. The number of hydrogen-bond acceptors (Lipinski definition) is 4. The van der Waals surface area contributed by atoms with E-state index in [2.05, 4.69) is 15.5 Å². The Bertz CT molecular complexity index is 1110. The van der Waals surface area contributed by atoms with Crippen molar-refractivity contribution in [3.63, 3.8) is 0 Å². The summed E-state index contributed by atoms with van der Waals surface area (Å²) in [6.45, 7) is 4.16. The van der Waals surface area contributed by atoms with E-state index in [1.165, 1.54) is 0 Å². The van der Waals surface area contributed by atoms with E-state index in [4.69, 9.17) is 4.42 Å². The van der Waals surface area contributed by atoms with Gasteiger partial charge in [-0.2, -0.15) is 0 Å². The summed E-state index contributed by atoms with van der Waals surface area (Å²) in [6.07, 6.45) is 2.58. The molecule has 0 atom stereocenters. The largest absolute Gasteiger partial charge is 0.421 e. The molecule has 6 nitrogen and oxygen atoms in total. The fourth-order valence-electron chi connectivity index (χ4n) is 3.13. The van der Waals surface area contributed by atoms with Gasteiger partial charge in [0, 0.05) is 29.2 Å². The van der Waals surface area contributed by atoms with E-state index in [1.807, 2.05) is 73.1 Å². The summed E-state index contributed by atoms with van der Waals surface area (Å²) < 4.78 is 7.63. The van der Waals surface area contributed by atoms with Crippen LogP contribution in [0.25, 0.3) is 22.4 Å². The monoisotopic (exact) mass is 360 g/mol. The van der Waals surface area contributed by atoms with Gasteiger partial charge in [-0.25, -0.2) is 0 Å². The van der Waals surface area contributed by atoms with Gasteiger partial charge in [-0.15, -0.1) is 10.2 Å². The van der Waals surface area contributed by atoms with Crippen LogP contribution >= 0.6 is 0 Å². The smallest absolute Gasteiger partial charge is 0.249 e. The maximum Gasteiger partial charge on any atom is 0.249 e. The molecule has 0 saturated carbocycles. The van der Waals surface area contributed by atoms with Crippen molar-refractivity contribution in [3.05, 3.63) is 66.2 Å². The zero-order valence-electron chi connectivity index (χ0n) is 15.3. The minimum absolute atomic E-state index is 0.0901. The Kier molecular flexibility index (Phi) is 4.46. The molecule has 0 unspecified atom stereocenters. The maximum atomic E-state index is 12.5. The van der Waals surface area contributed by atoms with Gasteiger partial charge in [0.1, 0.15) is 6.54 Å². The molecule has 6 heteroatoms. The highest BCUT2D eigenvalue weighted by molar-refractivity contribution is 5.96. The molecule has 0 aliphatic carbocycles. The Morgan fingerprint density at radius 2 is 2.00 bits per heavy atom. The van der Waals surface area contributed by atoms with Gasteiger partial charge in [-0.1, -0.05) is 37.3 Å². The fraction of sp³-hybridized carbons (Fsp3) is 0.190. The predicted octanol–water partition coefficient (Wildman–Crippen LogP) is 4.20. The number of hydrogen-bond donors (Lipinski definition) is 1. The van der Waals surface area contributed by atoms with Crippen LogP contribution in [0.2, 0.25) is 0 Å². The van der Waals surface area contributed by atoms with Gasteiger partial charge in [0.25, 0.3) is 0 Å². The van der Waals surface area contributed by atoms with Crippen molar-refractivity contribution in [2.24, 2.45) is 0 Å². The lowest BCUT2D eigenvalue weighted by molar-refractivity contribution is -0.116. The topological polar surface area (TPSA) is 73.0 Å². The molecule has 1 N–H and O–H groups in total. The number of nitrogens with zero attached hydrogens (tertiary/aromatic N) is 3. The van der Waals surface area contributed by atoms with Crippen LogP contribution in [0.5, 0.6) is 0 Å². The number of benzene rings is 2. The van der Waals surface area contributed by atoms with Crippen LogP contribution in [0, 0.1) is 6.92 Å². The number of carbonyl (C=O) groups excluding carboxylic acids is 1. The Balaban J connectivity index is 1.65. The number of aryl methyl sites for hydroxylation is 2. The molecule has 0 bridgehead atoms. The summed E-state index contributed by atoms with van der Waals surface area (Å²) in [5.74, 6) is 0.979. The molecule has 0 aliphatic heterocycles. The van der Waals surface area contributed by atoms with E-state index >= 15 is 0 Å². The molecule has 0 aliphatic rings. The molecular weight excluding hydrogens is 340 g/mol. The predicted molar refractivity (Wildman–Crippen MR) is 104 cm³/mol. The van der Waals surface area contributed by atoms with Crippen molar-refractivity contribution < 1.29 is 9.21 Å². The zero-order chi connectivity index (χ0) is 18.8. The molecule has 27 heavy (non-hydrogen) atoms. The number of fused-ring (bicyclic) bond motifs is 1. The average molecular weight is 360 g/mol. The number of amides is 1. The van der Waals surface area contributed by atoms with Crippen LogP contribution in [-0.4, -0.2) is 20.7 Å². The van der Waals surface area contributed by atoms with Crippen LogP contribution in [0.3, 0.4) is 0 Å². The number of rotatable bonds is 5. The fourth-order valence-corrected chi connectivity index (χ4v) is 3.13. The van der Waals surface area contributed by atoms with E-state index in [0.29, 0.717) is 18.2 Å². The third kappa shape index (κ3) is 3.46. The highest BCUT2D eigenvalue weighted by Gasteiger charge is 2.16. The van der Waals surface area contributed by atoms with Crippen LogP contribution in [-0.2, 0) is 17.8 Å². The second-order valence-electron chi connectivity index (χ2n) is 6.46. The van der Waals surface area contributed by atoms with Crippen LogP contribution in [0.1, 0.15) is 18.4 Å². The highest BCUT2D eigenvalue weighted by Crippen LogP contribution is 2.30. The van der Waals surface area contributed by atoms with Crippen molar-refractivity contribution in [1.29, 1.82) is 0 Å². The molecule has 0 fully saturated rings. The molecule has 136 valence electrons. The molecule has 2 aromatic heterocycles. The van der Waals surface area contributed by atoms with Gasteiger partial charge in [0.05, 0.1) is 5.56 Å². The standard InChI is InChI=1S/C21H20N4O2/c1-3-20-23-24-21(27-20)17-12-25(18-10-5-4-9-16(17)18)13-19(26)22-15-8-6-7-14(2)11-15/h4-12H,3,13H2,1-2H3,(H,22,26). The summed E-state index contributed by atoms with van der Waals surface area (Å²) in [5.41, 5.74) is 3.68.